The molecule has 1 aliphatic heterocycles. The monoisotopic (exact) mass is 545 g/mol. The molecule has 10 heteroatoms. The zero-order valence-corrected chi connectivity index (χ0v) is 22.3. The second-order valence-electron chi connectivity index (χ2n) is 9.25. The number of carbonyl (C=O) groups excluding carboxylic acids is 1. The number of aromatic hydroxyl groups is 1. The zero-order chi connectivity index (χ0) is 27.5. The molecule has 3 aromatic carbocycles. The van der Waals surface area contributed by atoms with Gasteiger partial charge in [0.1, 0.15) is 23.4 Å². The molecule has 3 N–H and O–H groups in total. The van der Waals surface area contributed by atoms with E-state index in [2.05, 4.69) is 15.5 Å². The maximum Gasteiger partial charge on any atom is 0.222 e. The number of aliphatic imine (C=N–C) groups is 1. The minimum atomic E-state index is -0.594. The Morgan fingerprint density at radius 2 is 1.90 bits per heavy atom. The van der Waals surface area contributed by atoms with Gasteiger partial charge in [0.05, 0.1) is 31.5 Å². The van der Waals surface area contributed by atoms with Gasteiger partial charge in [0.15, 0.2) is 5.82 Å². The van der Waals surface area contributed by atoms with E-state index >= 15 is 0 Å². The van der Waals surface area contributed by atoms with Crippen LogP contribution in [0.4, 0.5) is 0 Å². The van der Waals surface area contributed by atoms with Crippen LogP contribution in [-0.2, 0) is 17.8 Å². The summed E-state index contributed by atoms with van der Waals surface area (Å²) in [6.45, 7) is 2.01. The Bertz CT molecular complexity index is 1550. The molecule has 0 saturated carbocycles. The number of aryl methyl sites for hydroxylation is 1. The van der Waals surface area contributed by atoms with Gasteiger partial charge in [-0.1, -0.05) is 35.9 Å². The van der Waals surface area contributed by atoms with Crippen molar-refractivity contribution >= 4 is 23.2 Å². The molecule has 0 saturated heterocycles. The molecule has 5 rings (SSSR count). The molecule has 1 aliphatic rings. The fourth-order valence-electron chi connectivity index (χ4n) is 4.67. The van der Waals surface area contributed by atoms with Crippen molar-refractivity contribution in [2.45, 2.75) is 32.4 Å². The lowest BCUT2D eigenvalue weighted by molar-refractivity contribution is -0.121. The summed E-state index contributed by atoms with van der Waals surface area (Å²) < 4.78 is 7.44. The summed E-state index contributed by atoms with van der Waals surface area (Å²) in [6, 6.07) is 17.7. The van der Waals surface area contributed by atoms with E-state index in [1.807, 2.05) is 60.0 Å². The quantitative estimate of drug-likeness (QED) is 0.307. The fraction of sp³-hybridized carbons (Fsp3) is 0.241. The number of halogens is 1. The molecule has 39 heavy (non-hydrogen) atoms. The van der Waals surface area contributed by atoms with Gasteiger partial charge >= 0.3 is 0 Å². The molecule has 1 amide bonds. The number of methoxy groups -OCH3 is 1. The molecule has 9 nitrogen and oxygen atoms in total. The SMILES string of the molecule is COc1ccc2c(c1)C(c1ccc(Cl)cc1)=NC(CC(=O)NCCc1ccc(CO)c(O)c1)c1nnc(C)n1-2. The molecule has 1 atom stereocenters. The number of amides is 1. The summed E-state index contributed by atoms with van der Waals surface area (Å²) in [5.41, 5.74) is 4.53. The first-order chi connectivity index (χ1) is 18.9. The van der Waals surface area contributed by atoms with E-state index in [4.69, 9.17) is 21.3 Å². The molecule has 1 unspecified atom stereocenters. The number of carbonyl (C=O) groups is 1. The van der Waals surface area contributed by atoms with Crippen molar-refractivity contribution in [2.24, 2.45) is 4.99 Å². The first-order valence-corrected chi connectivity index (χ1v) is 12.9. The number of fused-ring (bicyclic) bond motifs is 3. The smallest absolute Gasteiger partial charge is 0.222 e. The summed E-state index contributed by atoms with van der Waals surface area (Å²) in [4.78, 5) is 18.2. The van der Waals surface area contributed by atoms with E-state index in [9.17, 15) is 15.0 Å². The number of nitrogens with one attached hydrogen (secondary N) is 1. The van der Waals surface area contributed by atoms with E-state index in [-0.39, 0.29) is 24.7 Å². The van der Waals surface area contributed by atoms with Gasteiger partial charge in [-0.25, -0.2) is 0 Å². The highest BCUT2D eigenvalue weighted by Crippen LogP contribution is 2.34. The molecule has 0 bridgehead atoms. The van der Waals surface area contributed by atoms with Crippen molar-refractivity contribution in [3.05, 3.63) is 99.6 Å². The number of hydrogen-bond donors (Lipinski definition) is 3. The largest absolute Gasteiger partial charge is 0.508 e. The number of nitrogens with zero attached hydrogens (tertiary/aromatic N) is 4. The van der Waals surface area contributed by atoms with Crippen LogP contribution in [0.2, 0.25) is 5.02 Å². The molecular weight excluding hydrogens is 518 g/mol. The number of aromatic nitrogens is 3. The number of hydrogen-bond acceptors (Lipinski definition) is 7. The summed E-state index contributed by atoms with van der Waals surface area (Å²) in [5, 5.41) is 31.5. The van der Waals surface area contributed by atoms with Gasteiger partial charge in [-0.05, 0) is 55.3 Å². The van der Waals surface area contributed by atoms with Crippen molar-refractivity contribution < 1.29 is 19.7 Å². The van der Waals surface area contributed by atoms with Crippen molar-refractivity contribution in [1.82, 2.24) is 20.1 Å². The van der Waals surface area contributed by atoms with Crippen LogP contribution in [-0.4, -0.2) is 50.3 Å². The number of rotatable bonds is 8. The topological polar surface area (TPSA) is 122 Å². The molecule has 1 aromatic heterocycles. The predicted octanol–water partition coefficient (Wildman–Crippen LogP) is 4.08. The Balaban J connectivity index is 1.44. The van der Waals surface area contributed by atoms with Gasteiger partial charge in [-0.3, -0.25) is 14.4 Å². The molecule has 2 heterocycles. The summed E-state index contributed by atoms with van der Waals surface area (Å²) in [6.07, 6.45) is 0.588. The average Bonchev–Trinajstić information content (AvgIpc) is 3.26. The van der Waals surface area contributed by atoms with E-state index in [0.29, 0.717) is 46.7 Å². The zero-order valence-electron chi connectivity index (χ0n) is 21.6. The average molecular weight is 546 g/mol. The maximum absolute atomic E-state index is 13.1. The Kier molecular flexibility index (Phi) is 7.63. The lowest BCUT2D eigenvalue weighted by atomic mass is 10.00. The summed E-state index contributed by atoms with van der Waals surface area (Å²) in [5.74, 6) is 1.78. The number of benzene rings is 3. The third-order valence-corrected chi connectivity index (χ3v) is 6.94. The molecule has 4 aromatic rings. The first kappa shape index (κ1) is 26.4. The van der Waals surface area contributed by atoms with Gasteiger partial charge in [-0.2, -0.15) is 0 Å². The van der Waals surface area contributed by atoms with Crippen molar-refractivity contribution in [3.8, 4) is 17.2 Å². The van der Waals surface area contributed by atoms with Crippen LogP contribution in [0.1, 0.15) is 46.4 Å². The summed E-state index contributed by atoms with van der Waals surface area (Å²) >= 11 is 6.16. The van der Waals surface area contributed by atoms with Crippen LogP contribution in [0, 0.1) is 6.92 Å². The second-order valence-corrected chi connectivity index (χ2v) is 9.69. The van der Waals surface area contributed by atoms with E-state index in [1.54, 1.807) is 19.2 Å². The number of aliphatic hydroxyl groups excluding tert-OH is 1. The summed E-state index contributed by atoms with van der Waals surface area (Å²) in [7, 11) is 1.61. The van der Waals surface area contributed by atoms with Crippen molar-refractivity contribution in [2.75, 3.05) is 13.7 Å². The van der Waals surface area contributed by atoms with Crippen LogP contribution < -0.4 is 10.1 Å². The molecule has 200 valence electrons. The Morgan fingerprint density at radius 3 is 2.62 bits per heavy atom. The number of ether oxygens (including phenoxy) is 1. The van der Waals surface area contributed by atoms with E-state index < -0.39 is 6.04 Å². The number of aliphatic hydroxyl groups is 1. The molecular formula is C29H28ClN5O4. The van der Waals surface area contributed by atoms with Gasteiger partial charge in [0.25, 0.3) is 0 Å². The number of phenols is 1. The first-order valence-electron chi connectivity index (χ1n) is 12.5. The van der Waals surface area contributed by atoms with E-state index in [0.717, 1.165) is 22.4 Å². The lowest BCUT2D eigenvalue weighted by Gasteiger charge is -2.14. The minimum absolute atomic E-state index is 0.0368. The third-order valence-electron chi connectivity index (χ3n) is 6.68. The third kappa shape index (κ3) is 5.50. The van der Waals surface area contributed by atoms with Crippen LogP contribution in [0.5, 0.6) is 11.5 Å². The fourth-order valence-corrected chi connectivity index (χ4v) is 4.80. The highest BCUT2D eigenvalue weighted by Gasteiger charge is 2.30. The molecule has 0 fully saturated rings. The van der Waals surface area contributed by atoms with Crippen LogP contribution >= 0.6 is 11.6 Å². The van der Waals surface area contributed by atoms with Crippen molar-refractivity contribution in [3.63, 3.8) is 0 Å². The molecule has 0 spiro atoms. The standard InChI is InChI=1S/C29H28ClN5O4/c1-17-33-34-29-24(15-27(38)31-12-11-18-3-4-20(16-36)26(37)13-18)32-28(19-5-7-21(30)8-6-19)23-14-22(39-2)9-10-25(23)35(17)29/h3-10,13-14,24,36-37H,11-12,15-16H2,1-2H3,(H,31,38). The minimum Gasteiger partial charge on any atom is -0.508 e. The van der Waals surface area contributed by atoms with Crippen molar-refractivity contribution in [1.29, 1.82) is 0 Å². The normalized spacial score (nSPS) is 14.2. The predicted molar refractivity (Wildman–Crippen MR) is 148 cm³/mol. The van der Waals surface area contributed by atoms with Crippen LogP contribution in [0.25, 0.3) is 5.69 Å². The van der Waals surface area contributed by atoms with E-state index in [1.165, 1.54) is 0 Å². The van der Waals surface area contributed by atoms with Gasteiger partial charge < -0.3 is 20.3 Å². The maximum atomic E-state index is 13.1. The Labute approximate surface area is 230 Å². The van der Waals surface area contributed by atoms with Gasteiger partial charge in [0, 0.05) is 28.3 Å². The Hall–Kier alpha value is -4.21. The van der Waals surface area contributed by atoms with Gasteiger partial charge in [-0.15, -0.1) is 10.2 Å². The highest BCUT2D eigenvalue weighted by molar-refractivity contribution is 6.30. The van der Waals surface area contributed by atoms with Crippen LogP contribution in [0.15, 0.2) is 65.7 Å². The highest BCUT2D eigenvalue weighted by atomic mass is 35.5. The molecule has 0 radical (unpaired) electrons. The Morgan fingerprint density at radius 1 is 1.10 bits per heavy atom. The van der Waals surface area contributed by atoms with Gasteiger partial charge in [0.2, 0.25) is 5.91 Å². The molecule has 0 aliphatic carbocycles. The van der Waals surface area contributed by atoms with Crippen LogP contribution in [0.3, 0.4) is 0 Å². The lowest BCUT2D eigenvalue weighted by Crippen LogP contribution is -2.27. The second kappa shape index (κ2) is 11.3.